The fraction of sp³-hybridized carbons (Fsp3) is 0.133. The van der Waals surface area contributed by atoms with Crippen LogP contribution >= 0.6 is 11.3 Å². The first-order chi connectivity index (χ1) is 9.68. The number of rotatable bonds is 6. The maximum Gasteiger partial charge on any atom is 0.255 e. The molecule has 1 aromatic heterocycles. The van der Waals surface area contributed by atoms with Crippen molar-refractivity contribution in [3.05, 3.63) is 59.3 Å². The standard InChI is InChI=1S/C15H16N2O2S/c1-12(14-9-6-10-20-14)16-19-11-15(18)17(2)13-7-4-3-5-8-13/h3-10,16H,1,11H2,2H3. The van der Waals surface area contributed by atoms with Crippen LogP contribution in [0.4, 0.5) is 5.69 Å². The average molecular weight is 288 g/mol. The van der Waals surface area contributed by atoms with E-state index in [1.165, 1.54) is 0 Å². The van der Waals surface area contributed by atoms with E-state index in [0.29, 0.717) is 5.70 Å². The van der Waals surface area contributed by atoms with Gasteiger partial charge in [0.05, 0.1) is 10.6 Å². The van der Waals surface area contributed by atoms with E-state index in [2.05, 4.69) is 12.1 Å². The summed E-state index contributed by atoms with van der Waals surface area (Å²) in [6.07, 6.45) is 0. The molecule has 0 aliphatic carbocycles. The molecule has 0 aliphatic rings. The van der Waals surface area contributed by atoms with Crippen LogP contribution in [0.25, 0.3) is 5.70 Å². The number of carbonyl (C=O) groups is 1. The number of nitrogens with one attached hydrogen (secondary N) is 1. The van der Waals surface area contributed by atoms with Crippen molar-refractivity contribution < 1.29 is 9.63 Å². The van der Waals surface area contributed by atoms with E-state index in [1.54, 1.807) is 23.3 Å². The van der Waals surface area contributed by atoms with Crippen LogP contribution in [-0.4, -0.2) is 19.6 Å². The lowest BCUT2D eigenvalue weighted by atomic mass is 10.3. The van der Waals surface area contributed by atoms with Gasteiger partial charge in [0, 0.05) is 12.7 Å². The summed E-state index contributed by atoms with van der Waals surface area (Å²) in [7, 11) is 1.72. The minimum Gasteiger partial charge on any atom is -0.313 e. The number of likely N-dealkylation sites (N-methyl/N-ethyl adjacent to an activating group) is 1. The number of anilines is 1. The summed E-state index contributed by atoms with van der Waals surface area (Å²) in [6.45, 7) is 3.79. The second kappa shape index (κ2) is 6.88. The van der Waals surface area contributed by atoms with Gasteiger partial charge in [-0.25, -0.2) is 0 Å². The molecule has 0 unspecified atom stereocenters. The van der Waals surface area contributed by atoms with E-state index in [9.17, 15) is 4.79 Å². The Labute approximate surface area is 122 Å². The van der Waals surface area contributed by atoms with Gasteiger partial charge in [-0.3, -0.25) is 15.1 Å². The Morgan fingerprint density at radius 1 is 1.30 bits per heavy atom. The van der Waals surface area contributed by atoms with Crippen molar-refractivity contribution in [2.75, 3.05) is 18.6 Å². The van der Waals surface area contributed by atoms with Gasteiger partial charge < -0.3 is 4.90 Å². The van der Waals surface area contributed by atoms with E-state index in [4.69, 9.17) is 4.84 Å². The van der Waals surface area contributed by atoms with E-state index < -0.39 is 0 Å². The number of hydrogen-bond acceptors (Lipinski definition) is 4. The number of thiophene rings is 1. The molecule has 0 fully saturated rings. The molecule has 2 rings (SSSR count). The largest absolute Gasteiger partial charge is 0.313 e. The molecular formula is C15H16N2O2S. The lowest BCUT2D eigenvalue weighted by molar-refractivity contribution is -0.124. The summed E-state index contributed by atoms with van der Waals surface area (Å²) >= 11 is 1.56. The predicted molar refractivity (Wildman–Crippen MR) is 82.3 cm³/mol. The summed E-state index contributed by atoms with van der Waals surface area (Å²) < 4.78 is 0. The molecule has 1 aromatic carbocycles. The van der Waals surface area contributed by atoms with Gasteiger partial charge in [-0.15, -0.1) is 11.3 Å². The van der Waals surface area contributed by atoms with Crippen LogP contribution in [0.1, 0.15) is 4.88 Å². The summed E-state index contributed by atoms with van der Waals surface area (Å²) in [5.74, 6) is -0.136. The molecule has 20 heavy (non-hydrogen) atoms. The highest BCUT2D eigenvalue weighted by molar-refractivity contribution is 7.11. The van der Waals surface area contributed by atoms with Gasteiger partial charge >= 0.3 is 0 Å². The highest BCUT2D eigenvalue weighted by atomic mass is 32.1. The Hall–Kier alpha value is -2.11. The van der Waals surface area contributed by atoms with Crippen LogP contribution in [0.3, 0.4) is 0 Å². The van der Waals surface area contributed by atoms with Crippen molar-refractivity contribution in [3.63, 3.8) is 0 Å². The molecule has 0 bridgehead atoms. The van der Waals surface area contributed by atoms with Crippen LogP contribution in [-0.2, 0) is 9.63 Å². The molecule has 0 atom stereocenters. The van der Waals surface area contributed by atoms with Crippen molar-refractivity contribution in [1.82, 2.24) is 5.48 Å². The molecule has 0 spiro atoms. The third kappa shape index (κ3) is 3.69. The molecule has 0 saturated heterocycles. The normalized spacial score (nSPS) is 10.1. The maximum absolute atomic E-state index is 11.9. The first kappa shape index (κ1) is 14.3. The second-order valence-electron chi connectivity index (χ2n) is 4.13. The number of para-hydroxylation sites is 1. The van der Waals surface area contributed by atoms with Crippen molar-refractivity contribution in [2.45, 2.75) is 0 Å². The maximum atomic E-state index is 11.9. The zero-order valence-corrected chi connectivity index (χ0v) is 12.0. The number of hydrogen-bond donors (Lipinski definition) is 1. The summed E-state index contributed by atoms with van der Waals surface area (Å²) in [4.78, 5) is 19.7. The van der Waals surface area contributed by atoms with E-state index in [0.717, 1.165) is 10.6 Å². The van der Waals surface area contributed by atoms with Gasteiger partial charge in [0.1, 0.15) is 0 Å². The summed E-state index contributed by atoms with van der Waals surface area (Å²) in [5, 5.41) is 1.95. The van der Waals surface area contributed by atoms with E-state index >= 15 is 0 Å². The first-order valence-corrected chi connectivity index (χ1v) is 6.98. The lowest BCUT2D eigenvalue weighted by Crippen LogP contribution is -2.32. The number of benzene rings is 1. The highest BCUT2D eigenvalue weighted by Crippen LogP contribution is 2.16. The van der Waals surface area contributed by atoms with Gasteiger partial charge in [-0.1, -0.05) is 30.8 Å². The minimum atomic E-state index is -0.136. The van der Waals surface area contributed by atoms with Gasteiger partial charge in [-0.05, 0) is 23.6 Å². The second-order valence-corrected chi connectivity index (χ2v) is 5.08. The Balaban J connectivity index is 1.79. The van der Waals surface area contributed by atoms with Crippen molar-refractivity contribution in [1.29, 1.82) is 0 Å². The Morgan fingerprint density at radius 3 is 2.70 bits per heavy atom. The van der Waals surface area contributed by atoms with Gasteiger partial charge in [0.15, 0.2) is 6.61 Å². The van der Waals surface area contributed by atoms with E-state index in [1.807, 2.05) is 47.8 Å². The molecule has 0 aliphatic heterocycles. The highest BCUT2D eigenvalue weighted by Gasteiger charge is 2.11. The molecule has 2 aromatic rings. The summed E-state index contributed by atoms with van der Waals surface area (Å²) in [5.41, 5.74) is 4.17. The van der Waals surface area contributed by atoms with E-state index in [-0.39, 0.29) is 12.5 Å². The van der Waals surface area contributed by atoms with Gasteiger partial charge in [0.25, 0.3) is 5.91 Å². The lowest BCUT2D eigenvalue weighted by Gasteiger charge is -2.17. The Kier molecular flexibility index (Phi) is 4.92. The third-order valence-electron chi connectivity index (χ3n) is 2.73. The predicted octanol–water partition coefficient (Wildman–Crippen LogP) is 2.90. The zero-order valence-electron chi connectivity index (χ0n) is 11.2. The van der Waals surface area contributed by atoms with Crippen LogP contribution in [0.2, 0.25) is 0 Å². The fourth-order valence-electron chi connectivity index (χ4n) is 1.58. The zero-order chi connectivity index (χ0) is 14.4. The van der Waals surface area contributed by atoms with Crippen molar-refractivity contribution in [3.8, 4) is 0 Å². The molecule has 104 valence electrons. The first-order valence-electron chi connectivity index (χ1n) is 6.10. The quantitative estimate of drug-likeness (QED) is 0.831. The molecule has 1 N–H and O–H groups in total. The van der Waals surface area contributed by atoms with Crippen LogP contribution in [0.5, 0.6) is 0 Å². The topological polar surface area (TPSA) is 41.6 Å². The smallest absolute Gasteiger partial charge is 0.255 e. The molecule has 1 amide bonds. The monoisotopic (exact) mass is 288 g/mol. The van der Waals surface area contributed by atoms with Crippen molar-refractivity contribution in [2.24, 2.45) is 0 Å². The Morgan fingerprint density at radius 2 is 2.05 bits per heavy atom. The number of nitrogens with zero attached hydrogens (tertiary/aromatic N) is 1. The van der Waals surface area contributed by atoms with Crippen LogP contribution in [0, 0.1) is 0 Å². The third-order valence-corrected chi connectivity index (χ3v) is 3.66. The molecule has 0 saturated carbocycles. The fourth-order valence-corrected chi connectivity index (χ4v) is 2.22. The number of amides is 1. The molecular weight excluding hydrogens is 272 g/mol. The molecule has 0 radical (unpaired) electrons. The van der Waals surface area contributed by atoms with Gasteiger partial charge in [0.2, 0.25) is 0 Å². The molecule has 1 heterocycles. The minimum absolute atomic E-state index is 0.0597. The summed E-state index contributed by atoms with van der Waals surface area (Å²) in [6, 6.07) is 13.3. The SMILES string of the molecule is C=C(NOCC(=O)N(C)c1ccccc1)c1cccs1. The number of hydroxylamine groups is 1. The van der Waals surface area contributed by atoms with Crippen LogP contribution in [0.15, 0.2) is 54.4 Å². The number of carbonyl (C=O) groups excluding carboxylic acids is 1. The van der Waals surface area contributed by atoms with Crippen molar-refractivity contribution >= 4 is 28.6 Å². The average Bonchev–Trinajstić information content (AvgIpc) is 3.01. The van der Waals surface area contributed by atoms with Crippen LogP contribution < -0.4 is 10.4 Å². The Bertz CT molecular complexity index is 567. The molecule has 4 nitrogen and oxygen atoms in total. The molecule has 5 heteroatoms. The van der Waals surface area contributed by atoms with Gasteiger partial charge in [-0.2, -0.15) is 0 Å².